The molecule has 18 heavy (non-hydrogen) atoms. The molecule has 0 radical (unpaired) electrons. The Morgan fingerprint density at radius 3 is 2.83 bits per heavy atom. The van der Waals surface area contributed by atoms with Gasteiger partial charge in [0.2, 0.25) is 0 Å². The maximum Gasteiger partial charge on any atom is 0.191 e. The molecule has 1 unspecified atom stereocenters. The highest BCUT2D eigenvalue weighted by Gasteiger charge is 2.14. The van der Waals surface area contributed by atoms with Crippen molar-refractivity contribution in [1.29, 1.82) is 0 Å². The molecule has 1 aromatic heterocycles. The van der Waals surface area contributed by atoms with E-state index >= 15 is 0 Å². The van der Waals surface area contributed by atoms with E-state index in [1.54, 1.807) is 18.4 Å². The van der Waals surface area contributed by atoms with Crippen LogP contribution >= 0.6 is 11.3 Å². The molecule has 1 heterocycles. The highest BCUT2D eigenvalue weighted by atomic mass is 32.1. The van der Waals surface area contributed by atoms with Crippen molar-refractivity contribution in [3.63, 3.8) is 0 Å². The highest BCUT2D eigenvalue weighted by Crippen LogP contribution is 2.19. The second kappa shape index (κ2) is 7.75. The van der Waals surface area contributed by atoms with Gasteiger partial charge in [-0.2, -0.15) is 11.3 Å². The summed E-state index contributed by atoms with van der Waals surface area (Å²) in [6.45, 7) is 1.26. The molecule has 1 atom stereocenters. The van der Waals surface area contributed by atoms with Gasteiger partial charge in [0.05, 0.1) is 12.6 Å². The van der Waals surface area contributed by atoms with Crippen molar-refractivity contribution >= 4 is 17.3 Å². The van der Waals surface area contributed by atoms with Gasteiger partial charge >= 0.3 is 0 Å². The van der Waals surface area contributed by atoms with Crippen LogP contribution in [0.4, 0.5) is 0 Å². The van der Waals surface area contributed by atoms with Gasteiger partial charge in [-0.25, -0.2) is 0 Å². The van der Waals surface area contributed by atoms with Gasteiger partial charge in [0.25, 0.3) is 0 Å². The molecule has 0 aliphatic carbocycles. The molecule has 0 aromatic carbocycles. The van der Waals surface area contributed by atoms with E-state index in [0.29, 0.717) is 12.6 Å². The molecule has 0 saturated carbocycles. The van der Waals surface area contributed by atoms with Crippen molar-refractivity contribution in [1.82, 2.24) is 15.5 Å². The third-order valence-corrected chi connectivity index (χ3v) is 3.30. The molecule has 2 N–H and O–H groups in total. The Hall–Kier alpha value is -1.51. The summed E-state index contributed by atoms with van der Waals surface area (Å²) in [5, 5.41) is 10.6. The van der Waals surface area contributed by atoms with Crippen LogP contribution in [0, 0.1) is 12.3 Å². The highest BCUT2D eigenvalue weighted by molar-refractivity contribution is 7.07. The molecular formula is C13H20N4S. The Balaban J connectivity index is 2.56. The van der Waals surface area contributed by atoms with E-state index in [-0.39, 0.29) is 0 Å². The van der Waals surface area contributed by atoms with Crippen molar-refractivity contribution in [2.24, 2.45) is 4.99 Å². The second-order valence-electron chi connectivity index (χ2n) is 4.05. The first-order valence-corrected chi connectivity index (χ1v) is 6.69. The summed E-state index contributed by atoms with van der Waals surface area (Å²) >= 11 is 1.71. The molecule has 1 aromatic rings. The molecule has 0 saturated heterocycles. The van der Waals surface area contributed by atoms with Crippen LogP contribution < -0.4 is 10.6 Å². The topological polar surface area (TPSA) is 39.7 Å². The number of nitrogens with zero attached hydrogens (tertiary/aromatic N) is 2. The predicted octanol–water partition coefficient (Wildman–Crippen LogP) is 1.15. The number of likely N-dealkylation sites (N-methyl/N-ethyl adjacent to an activating group) is 1. The molecule has 0 spiro atoms. The first-order chi connectivity index (χ1) is 8.69. The van der Waals surface area contributed by atoms with E-state index in [4.69, 9.17) is 6.42 Å². The molecule has 5 heteroatoms. The molecule has 0 aliphatic rings. The number of thiophene rings is 1. The van der Waals surface area contributed by atoms with Crippen molar-refractivity contribution in [2.75, 3.05) is 34.2 Å². The molecule has 0 bridgehead atoms. The minimum atomic E-state index is 0.320. The van der Waals surface area contributed by atoms with Gasteiger partial charge in [-0.1, -0.05) is 5.92 Å². The lowest BCUT2D eigenvalue weighted by molar-refractivity contribution is 0.299. The first kappa shape index (κ1) is 14.6. The van der Waals surface area contributed by atoms with Crippen LogP contribution in [0.25, 0.3) is 0 Å². The molecule has 4 nitrogen and oxygen atoms in total. The third-order valence-electron chi connectivity index (χ3n) is 2.60. The Bertz CT molecular complexity index is 403. The molecule has 0 amide bonds. The fourth-order valence-corrected chi connectivity index (χ4v) is 2.32. The number of nitrogens with one attached hydrogen (secondary N) is 2. The van der Waals surface area contributed by atoms with E-state index in [1.165, 1.54) is 5.56 Å². The lowest BCUT2D eigenvalue weighted by Gasteiger charge is -2.24. The Morgan fingerprint density at radius 2 is 2.33 bits per heavy atom. The zero-order valence-electron chi connectivity index (χ0n) is 11.1. The van der Waals surface area contributed by atoms with Crippen LogP contribution in [0.15, 0.2) is 21.8 Å². The lowest BCUT2D eigenvalue weighted by Crippen LogP contribution is -2.41. The zero-order chi connectivity index (χ0) is 13.4. The average Bonchev–Trinajstić information content (AvgIpc) is 2.86. The summed E-state index contributed by atoms with van der Waals surface area (Å²) in [6, 6.07) is 2.47. The van der Waals surface area contributed by atoms with Crippen molar-refractivity contribution in [2.45, 2.75) is 6.04 Å². The van der Waals surface area contributed by atoms with Gasteiger partial charge in [0.1, 0.15) is 0 Å². The molecule has 98 valence electrons. The Morgan fingerprint density at radius 1 is 1.56 bits per heavy atom. The average molecular weight is 264 g/mol. The summed E-state index contributed by atoms with van der Waals surface area (Å²) in [6.07, 6.45) is 5.21. The number of terminal acetylenes is 1. The number of aliphatic imine (C=N–C) groups is 1. The lowest BCUT2D eigenvalue weighted by atomic mass is 10.1. The molecule has 1 rings (SSSR count). The summed E-state index contributed by atoms with van der Waals surface area (Å²) in [7, 11) is 5.88. The second-order valence-corrected chi connectivity index (χ2v) is 4.83. The summed E-state index contributed by atoms with van der Waals surface area (Å²) < 4.78 is 0. The fourth-order valence-electron chi connectivity index (χ4n) is 1.61. The van der Waals surface area contributed by atoms with Crippen molar-refractivity contribution in [3.8, 4) is 12.3 Å². The Kier molecular flexibility index (Phi) is 6.26. The monoisotopic (exact) mass is 264 g/mol. The largest absolute Gasteiger partial charge is 0.354 e. The molecular weight excluding hydrogens is 244 g/mol. The van der Waals surface area contributed by atoms with Gasteiger partial charge in [-0.05, 0) is 36.5 Å². The number of rotatable bonds is 5. The minimum absolute atomic E-state index is 0.320. The smallest absolute Gasteiger partial charge is 0.191 e. The van der Waals surface area contributed by atoms with Gasteiger partial charge in [0.15, 0.2) is 5.96 Å². The van der Waals surface area contributed by atoms with Gasteiger partial charge in [-0.3, -0.25) is 4.99 Å². The van der Waals surface area contributed by atoms with E-state index in [2.05, 4.69) is 57.4 Å². The fraction of sp³-hybridized carbons (Fsp3) is 0.462. The van der Waals surface area contributed by atoms with E-state index < -0.39 is 0 Å². The quantitative estimate of drug-likeness (QED) is 0.476. The van der Waals surface area contributed by atoms with Crippen LogP contribution in [0.3, 0.4) is 0 Å². The first-order valence-electron chi connectivity index (χ1n) is 5.75. The SMILES string of the molecule is C#CCNC(=NC)NCC(c1ccsc1)N(C)C. The number of hydrogen-bond acceptors (Lipinski definition) is 3. The Labute approximate surface area is 113 Å². The van der Waals surface area contributed by atoms with E-state index in [0.717, 1.165) is 12.5 Å². The van der Waals surface area contributed by atoms with E-state index in [9.17, 15) is 0 Å². The summed E-state index contributed by atoms with van der Waals surface area (Å²) in [5.74, 6) is 3.26. The van der Waals surface area contributed by atoms with Crippen LogP contribution in [-0.4, -0.2) is 45.1 Å². The van der Waals surface area contributed by atoms with Gasteiger partial charge < -0.3 is 15.5 Å². The number of guanidine groups is 1. The maximum atomic E-state index is 5.21. The predicted molar refractivity (Wildman–Crippen MR) is 78.9 cm³/mol. The maximum absolute atomic E-state index is 5.21. The van der Waals surface area contributed by atoms with Crippen molar-refractivity contribution in [3.05, 3.63) is 22.4 Å². The van der Waals surface area contributed by atoms with Gasteiger partial charge in [-0.15, -0.1) is 6.42 Å². The van der Waals surface area contributed by atoms with Crippen LogP contribution in [0.2, 0.25) is 0 Å². The van der Waals surface area contributed by atoms with Crippen LogP contribution in [0.5, 0.6) is 0 Å². The van der Waals surface area contributed by atoms with Crippen LogP contribution in [-0.2, 0) is 0 Å². The third kappa shape index (κ3) is 4.40. The number of hydrogen-bond donors (Lipinski definition) is 2. The molecule has 0 fully saturated rings. The normalized spacial score (nSPS) is 13.2. The summed E-state index contributed by atoms with van der Waals surface area (Å²) in [5.41, 5.74) is 1.31. The van der Waals surface area contributed by atoms with Crippen LogP contribution in [0.1, 0.15) is 11.6 Å². The van der Waals surface area contributed by atoms with Crippen molar-refractivity contribution < 1.29 is 0 Å². The van der Waals surface area contributed by atoms with Gasteiger partial charge in [0, 0.05) is 13.6 Å². The molecule has 0 aliphatic heterocycles. The standard InChI is InChI=1S/C13H20N4S/c1-5-7-15-13(14-2)16-9-12(17(3)4)11-6-8-18-10-11/h1,6,8,10,12H,7,9H2,2-4H3,(H2,14,15,16). The minimum Gasteiger partial charge on any atom is -0.354 e. The zero-order valence-corrected chi connectivity index (χ0v) is 11.9. The summed E-state index contributed by atoms with van der Waals surface area (Å²) in [4.78, 5) is 6.31. The van der Waals surface area contributed by atoms with E-state index in [1.807, 2.05) is 0 Å².